The molecule has 0 saturated carbocycles. The van der Waals surface area contributed by atoms with Crippen LogP contribution in [-0.2, 0) is 11.2 Å². The number of carbonyl (C=O) groups is 2. The molecule has 2 amide bonds. The molecule has 0 spiro atoms. The highest BCUT2D eigenvalue weighted by molar-refractivity contribution is 6.00. The molecule has 2 aromatic carbocycles. The molecule has 0 saturated heterocycles. The number of amides is 2. The summed E-state index contributed by atoms with van der Waals surface area (Å²) in [5, 5.41) is 2.90. The lowest BCUT2D eigenvalue weighted by molar-refractivity contribution is -0.121. The fourth-order valence-electron chi connectivity index (χ4n) is 1.92. The van der Waals surface area contributed by atoms with Crippen LogP contribution in [-0.4, -0.2) is 18.9 Å². The Hall–Kier alpha value is -2.89. The summed E-state index contributed by atoms with van der Waals surface area (Å²) in [6.07, 6.45) is 0.0498. The minimum Gasteiger partial charge on any atom is -0.387 e. The maximum Gasteiger partial charge on any atom is 0.271 e. The van der Waals surface area contributed by atoms with E-state index < -0.39 is 5.91 Å². The SMILES string of the molecule is CNc1ccccc1C(=O)NNC(=O)Cc1ccc(F)cc1. The second-order valence-electron chi connectivity index (χ2n) is 4.60. The van der Waals surface area contributed by atoms with Gasteiger partial charge in [0.25, 0.3) is 5.91 Å². The Morgan fingerprint density at radius 1 is 1.00 bits per heavy atom. The maximum atomic E-state index is 12.8. The summed E-state index contributed by atoms with van der Waals surface area (Å²) < 4.78 is 12.8. The van der Waals surface area contributed by atoms with Gasteiger partial charge in [-0.05, 0) is 29.8 Å². The summed E-state index contributed by atoms with van der Waals surface area (Å²) in [6.45, 7) is 0. The van der Waals surface area contributed by atoms with Gasteiger partial charge in [0.15, 0.2) is 0 Å². The van der Waals surface area contributed by atoms with Crippen LogP contribution in [0.1, 0.15) is 15.9 Å². The van der Waals surface area contributed by atoms with Crippen molar-refractivity contribution in [1.82, 2.24) is 10.9 Å². The minimum atomic E-state index is -0.419. The first kappa shape index (κ1) is 15.5. The lowest BCUT2D eigenvalue weighted by Gasteiger charge is -2.10. The molecule has 0 aromatic heterocycles. The van der Waals surface area contributed by atoms with E-state index >= 15 is 0 Å². The molecule has 2 aromatic rings. The number of carbonyl (C=O) groups excluding carboxylic acids is 2. The van der Waals surface area contributed by atoms with Gasteiger partial charge in [0, 0.05) is 12.7 Å². The van der Waals surface area contributed by atoms with Crippen molar-refractivity contribution >= 4 is 17.5 Å². The molecule has 0 aliphatic carbocycles. The van der Waals surface area contributed by atoms with E-state index in [0.717, 1.165) is 0 Å². The number of hydrogen-bond acceptors (Lipinski definition) is 3. The Morgan fingerprint density at radius 2 is 1.68 bits per heavy atom. The van der Waals surface area contributed by atoms with Crippen LogP contribution in [0.4, 0.5) is 10.1 Å². The van der Waals surface area contributed by atoms with Crippen LogP contribution < -0.4 is 16.2 Å². The van der Waals surface area contributed by atoms with Crippen molar-refractivity contribution in [1.29, 1.82) is 0 Å². The van der Waals surface area contributed by atoms with E-state index in [1.165, 1.54) is 24.3 Å². The molecule has 0 radical (unpaired) electrons. The monoisotopic (exact) mass is 301 g/mol. The zero-order valence-electron chi connectivity index (χ0n) is 12.0. The normalized spacial score (nSPS) is 9.91. The molecule has 22 heavy (non-hydrogen) atoms. The Morgan fingerprint density at radius 3 is 2.36 bits per heavy atom. The van der Waals surface area contributed by atoms with E-state index in [4.69, 9.17) is 0 Å². The molecule has 0 bridgehead atoms. The van der Waals surface area contributed by atoms with Crippen LogP contribution in [0.25, 0.3) is 0 Å². The number of hydrogen-bond donors (Lipinski definition) is 3. The van der Waals surface area contributed by atoms with Gasteiger partial charge in [-0.2, -0.15) is 0 Å². The molecule has 0 unspecified atom stereocenters. The van der Waals surface area contributed by atoms with Crippen LogP contribution in [0.3, 0.4) is 0 Å². The largest absolute Gasteiger partial charge is 0.387 e. The Bertz CT molecular complexity index is 671. The Labute approximate surface area is 127 Å². The summed E-state index contributed by atoms with van der Waals surface area (Å²) in [5.41, 5.74) is 6.43. The summed E-state index contributed by atoms with van der Waals surface area (Å²) >= 11 is 0. The van der Waals surface area contributed by atoms with Gasteiger partial charge in [-0.3, -0.25) is 20.4 Å². The predicted octanol–water partition coefficient (Wildman–Crippen LogP) is 1.87. The second kappa shape index (κ2) is 7.21. The molecule has 0 aliphatic rings. The first-order chi connectivity index (χ1) is 10.6. The average molecular weight is 301 g/mol. The summed E-state index contributed by atoms with van der Waals surface area (Å²) in [5.74, 6) is -1.17. The van der Waals surface area contributed by atoms with E-state index in [9.17, 15) is 14.0 Å². The number of para-hydroxylation sites is 1. The fraction of sp³-hybridized carbons (Fsp3) is 0.125. The van der Waals surface area contributed by atoms with Crippen molar-refractivity contribution in [2.24, 2.45) is 0 Å². The van der Waals surface area contributed by atoms with Crippen LogP contribution in [0.5, 0.6) is 0 Å². The molecule has 5 nitrogen and oxygen atoms in total. The average Bonchev–Trinajstić information content (AvgIpc) is 2.54. The van der Waals surface area contributed by atoms with E-state index in [1.807, 2.05) is 0 Å². The first-order valence-corrected chi connectivity index (χ1v) is 6.70. The van der Waals surface area contributed by atoms with E-state index in [1.54, 1.807) is 31.3 Å². The van der Waals surface area contributed by atoms with Gasteiger partial charge in [0.2, 0.25) is 5.91 Å². The topological polar surface area (TPSA) is 70.2 Å². The molecular formula is C16H16FN3O2. The molecule has 0 aliphatic heterocycles. The van der Waals surface area contributed by atoms with Crippen molar-refractivity contribution in [2.45, 2.75) is 6.42 Å². The van der Waals surface area contributed by atoms with Gasteiger partial charge < -0.3 is 5.32 Å². The van der Waals surface area contributed by atoms with Gasteiger partial charge in [-0.25, -0.2) is 4.39 Å². The summed E-state index contributed by atoms with van der Waals surface area (Å²) in [7, 11) is 1.71. The van der Waals surface area contributed by atoms with Crippen LogP contribution >= 0.6 is 0 Å². The smallest absolute Gasteiger partial charge is 0.271 e. The standard InChI is InChI=1S/C16H16FN3O2/c1-18-14-5-3-2-4-13(14)16(22)20-19-15(21)10-11-6-8-12(17)9-7-11/h2-9,18H,10H2,1H3,(H,19,21)(H,20,22). The quantitative estimate of drug-likeness (QED) is 0.755. The van der Waals surface area contributed by atoms with E-state index in [-0.39, 0.29) is 18.1 Å². The maximum absolute atomic E-state index is 12.8. The molecule has 0 heterocycles. The lowest BCUT2D eigenvalue weighted by Crippen LogP contribution is -2.42. The van der Waals surface area contributed by atoms with Gasteiger partial charge >= 0.3 is 0 Å². The highest BCUT2D eigenvalue weighted by Crippen LogP contribution is 2.13. The Kier molecular flexibility index (Phi) is 5.08. The third kappa shape index (κ3) is 4.05. The molecule has 6 heteroatoms. The van der Waals surface area contributed by atoms with Crippen LogP contribution in [0, 0.1) is 5.82 Å². The highest BCUT2D eigenvalue weighted by Gasteiger charge is 2.11. The molecule has 0 atom stereocenters. The van der Waals surface area contributed by atoms with Crippen LogP contribution in [0.15, 0.2) is 48.5 Å². The zero-order chi connectivity index (χ0) is 15.9. The summed E-state index contributed by atoms with van der Waals surface area (Å²) in [6, 6.07) is 12.5. The van der Waals surface area contributed by atoms with E-state index in [2.05, 4.69) is 16.2 Å². The highest BCUT2D eigenvalue weighted by atomic mass is 19.1. The predicted molar refractivity (Wildman–Crippen MR) is 81.7 cm³/mol. The van der Waals surface area contributed by atoms with Crippen molar-refractivity contribution in [2.75, 3.05) is 12.4 Å². The number of benzene rings is 2. The van der Waals surface area contributed by atoms with Crippen molar-refractivity contribution in [3.63, 3.8) is 0 Å². The number of nitrogens with one attached hydrogen (secondary N) is 3. The molecule has 0 fully saturated rings. The number of hydrazine groups is 1. The van der Waals surface area contributed by atoms with Crippen LogP contribution in [0.2, 0.25) is 0 Å². The zero-order valence-corrected chi connectivity index (χ0v) is 12.0. The van der Waals surface area contributed by atoms with Gasteiger partial charge in [0.05, 0.1) is 12.0 Å². The third-order valence-electron chi connectivity index (χ3n) is 3.03. The fourth-order valence-corrected chi connectivity index (χ4v) is 1.92. The summed E-state index contributed by atoms with van der Waals surface area (Å²) in [4.78, 5) is 23.8. The van der Waals surface area contributed by atoms with Gasteiger partial charge in [0.1, 0.15) is 5.82 Å². The van der Waals surface area contributed by atoms with Crippen molar-refractivity contribution in [3.05, 3.63) is 65.5 Å². The Balaban J connectivity index is 1.90. The lowest BCUT2D eigenvalue weighted by atomic mass is 10.1. The molecular weight excluding hydrogens is 285 g/mol. The number of anilines is 1. The number of rotatable bonds is 4. The third-order valence-corrected chi connectivity index (χ3v) is 3.03. The molecule has 114 valence electrons. The first-order valence-electron chi connectivity index (χ1n) is 6.70. The molecule has 2 rings (SSSR count). The number of halogens is 1. The van der Waals surface area contributed by atoms with Gasteiger partial charge in [-0.15, -0.1) is 0 Å². The molecule has 3 N–H and O–H groups in total. The van der Waals surface area contributed by atoms with Crippen molar-refractivity contribution < 1.29 is 14.0 Å². The minimum absolute atomic E-state index is 0.0498. The van der Waals surface area contributed by atoms with Crippen molar-refractivity contribution in [3.8, 4) is 0 Å². The van der Waals surface area contributed by atoms with Gasteiger partial charge in [-0.1, -0.05) is 24.3 Å². The second-order valence-corrected chi connectivity index (χ2v) is 4.60. The van der Waals surface area contributed by atoms with E-state index in [0.29, 0.717) is 16.8 Å².